The van der Waals surface area contributed by atoms with Gasteiger partial charge in [0.2, 0.25) is 6.79 Å². The maximum atomic E-state index is 14.1. The van der Waals surface area contributed by atoms with E-state index in [9.17, 15) is 9.18 Å². The number of carbonyl (C=O) groups is 1. The van der Waals surface area contributed by atoms with Gasteiger partial charge in [0.15, 0.2) is 17.3 Å². The molecule has 0 amide bonds. The summed E-state index contributed by atoms with van der Waals surface area (Å²) in [4.78, 5) is 11.7. The number of halogens is 1. The summed E-state index contributed by atoms with van der Waals surface area (Å²) in [7, 11) is 0. The third-order valence-corrected chi connectivity index (χ3v) is 2.64. The lowest BCUT2D eigenvalue weighted by Crippen LogP contribution is -2.20. The van der Waals surface area contributed by atoms with E-state index in [0.717, 1.165) is 0 Å². The molecule has 0 radical (unpaired) electrons. The van der Waals surface area contributed by atoms with Crippen LogP contribution in [0.25, 0.3) is 0 Å². The van der Waals surface area contributed by atoms with Crippen LogP contribution in [-0.2, 0) is 5.67 Å². The van der Waals surface area contributed by atoms with Gasteiger partial charge < -0.3 is 15.2 Å². The van der Waals surface area contributed by atoms with Crippen molar-refractivity contribution >= 4 is 5.78 Å². The molecular weight excluding hydrogens is 225 g/mol. The summed E-state index contributed by atoms with van der Waals surface area (Å²) in [6.07, 6.45) is 0. The molecule has 2 rings (SSSR count). The first-order chi connectivity index (χ1) is 7.93. The predicted octanol–water partition coefficient (Wildman–Crippen LogP) is 1.76. The number of alkyl halides is 1. The fourth-order valence-corrected chi connectivity index (χ4v) is 1.77. The number of hydrogen-bond acceptors (Lipinski definition) is 4. The molecule has 1 heterocycles. The first-order valence-electron chi connectivity index (χ1n) is 5.30. The summed E-state index contributed by atoms with van der Waals surface area (Å²) in [5.74, 6) is 0.595. The molecule has 1 aliphatic rings. The molecule has 0 saturated carbocycles. The minimum Gasteiger partial charge on any atom is -0.454 e. The van der Waals surface area contributed by atoms with Crippen molar-refractivity contribution in [1.82, 2.24) is 0 Å². The van der Waals surface area contributed by atoms with Gasteiger partial charge in [-0.25, -0.2) is 4.39 Å². The minimum absolute atomic E-state index is 0.0851. The van der Waals surface area contributed by atoms with E-state index in [2.05, 4.69) is 0 Å². The zero-order valence-corrected chi connectivity index (χ0v) is 9.75. The molecule has 0 aliphatic carbocycles. The second-order valence-electron chi connectivity index (χ2n) is 4.35. The highest BCUT2D eigenvalue weighted by molar-refractivity contribution is 5.99. The van der Waals surface area contributed by atoms with Crippen LogP contribution in [0.3, 0.4) is 0 Å². The van der Waals surface area contributed by atoms with Crippen LogP contribution in [0.5, 0.6) is 11.5 Å². The quantitative estimate of drug-likeness (QED) is 0.816. The highest BCUT2D eigenvalue weighted by Crippen LogP contribution is 2.39. The van der Waals surface area contributed by atoms with Crippen LogP contribution in [0.2, 0.25) is 0 Å². The van der Waals surface area contributed by atoms with E-state index in [0.29, 0.717) is 11.5 Å². The van der Waals surface area contributed by atoms with Crippen molar-refractivity contribution < 1.29 is 18.7 Å². The van der Waals surface area contributed by atoms with E-state index < -0.39 is 5.67 Å². The fraction of sp³-hybridized carbons (Fsp3) is 0.417. The topological polar surface area (TPSA) is 61.6 Å². The summed E-state index contributed by atoms with van der Waals surface area (Å²) in [5.41, 5.74) is 4.21. The summed E-state index contributed by atoms with van der Waals surface area (Å²) in [5, 5.41) is 0. The van der Waals surface area contributed by atoms with E-state index in [-0.39, 0.29) is 30.2 Å². The van der Waals surface area contributed by atoms with Crippen LogP contribution >= 0.6 is 0 Å². The van der Waals surface area contributed by atoms with Crippen molar-refractivity contribution in [3.63, 3.8) is 0 Å². The Hall–Kier alpha value is -1.62. The van der Waals surface area contributed by atoms with Crippen LogP contribution < -0.4 is 15.2 Å². The number of rotatable bonds is 3. The molecule has 0 atom stereocenters. The number of ether oxygens (including phenoxy) is 2. The maximum absolute atomic E-state index is 14.1. The highest BCUT2D eigenvalue weighted by atomic mass is 19.1. The molecule has 17 heavy (non-hydrogen) atoms. The Morgan fingerprint density at radius 2 is 2.00 bits per heavy atom. The molecule has 2 N–H and O–H groups in total. The van der Waals surface area contributed by atoms with Gasteiger partial charge in [0.25, 0.3) is 0 Å². The lowest BCUT2D eigenvalue weighted by Gasteiger charge is -2.18. The van der Waals surface area contributed by atoms with Gasteiger partial charge in [0.1, 0.15) is 5.67 Å². The van der Waals surface area contributed by atoms with E-state index in [1.807, 2.05) is 0 Å². The van der Waals surface area contributed by atoms with Crippen molar-refractivity contribution in [1.29, 1.82) is 0 Å². The molecule has 1 aromatic rings. The first kappa shape index (κ1) is 11.9. The Labute approximate surface area is 98.5 Å². The van der Waals surface area contributed by atoms with Crippen LogP contribution in [-0.4, -0.2) is 19.1 Å². The van der Waals surface area contributed by atoms with Crippen molar-refractivity contribution in [3.8, 4) is 11.5 Å². The van der Waals surface area contributed by atoms with E-state index in [4.69, 9.17) is 15.2 Å². The second-order valence-corrected chi connectivity index (χ2v) is 4.35. The van der Waals surface area contributed by atoms with Gasteiger partial charge >= 0.3 is 0 Å². The molecule has 0 bridgehead atoms. The van der Waals surface area contributed by atoms with E-state index in [1.54, 1.807) is 0 Å². The number of benzene rings is 1. The highest BCUT2D eigenvalue weighted by Gasteiger charge is 2.29. The predicted molar refractivity (Wildman–Crippen MR) is 60.1 cm³/mol. The molecule has 1 aliphatic heterocycles. The SMILES string of the molecule is CC(C)(F)c1cc2c(cc1C(=O)CN)OCO2. The lowest BCUT2D eigenvalue weighted by atomic mass is 9.92. The number of nitrogens with two attached hydrogens (primary N) is 1. The van der Waals surface area contributed by atoms with Gasteiger partial charge in [0, 0.05) is 11.1 Å². The number of fused-ring (bicyclic) bond motifs is 1. The largest absolute Gasteiger partial charge is 0.454 e. The Morgan fingerprint density at radius 1 is 1.41 bits per heavy atom. The zero-order chi connectivity index (χ0) is 12.6. The van der Waals surface area contributed by atoms with Crippen LogP contribution in [0.15, 0.2) is 12.1 Å². The zero-order valence-electron chi connectivity index (χ0n) is 9.75. The van der Waals surface area contributed by atoms with Gasteiger partial charge in [-0.05, 0) is 26.0 Å². The Kier molecular flexibility index (Phi) is 2.79. The smallest absolute Gasteiger partial charge is 0.231 e. The molecule has 0 aromatic heterocycles. The third kappa shape index (κ3) is 2.10. The first-order valence-corrected chi connectivity index (χ1v) is 5.30. The molecule has 0 unspecified atom stereocenters. The summed E-state index contributed by atoms with van der Waals surface area (Å²) >= 11 is 0. The molecular formula is C12H14FNO3. The molecule has 0 fully saturated rings. The molecule has 0 spiro atoms. The average Bonchev–Trinajstić information content (AvgIpc) is 2.72. The average molecular weight is 239 g/mol. The molecule has 0 saturated heterocycles. The monoisotopic (exact) mass is 239 g/mol. The Bertz CT molecular complexity index is 466. The van der Waals surface area contributed by atoms with Crippen LogP contribution in [0.4, 0.5) is 4.39 Å². The van der Waals surface area contributed by atoms with Crippen molar-refractivity contribution in [2.75, 3.05) is 13.3 Å². The van der Waals surface area contributed by atoms with Gasteiger partial charge in [-0.3, -0.25) is 4.79 Å². The number of Topliss-reactive ketones (excluding diaryl/α,β-unsaturated/α-hetero) is 1. The van der Waals surface area contributed by atoms with Gasteiger partial charge in [-0.2, -0.15) is 0 Å². The van der Waals surface area contributed by atoms with Crippen molar-refractivity contribution in [2.45, 2.75) is 19.5 Å². The van der Waals surface area contributed by atoms with Crippen molar-refractivity contribution in [2.24, 2.45) is 5.73 Å². The Balaban J connectivity index is 2.59. The number of carbonyl (C=O) groups excluding carboxylic acids is 1. The van der Waals surface area contributed by atoms with E-state index in [1.165, 1.54) is 26.0 Å². The standard InChI is InChI=1S/C12H14FNO3/c1-12(2,13)8-4-11-10(16-6-17-11)3-7(8)9(15)5-14/h3-4H,5-6,14H2,1-2H3. The van der Waals surface area contributed by atoms with Crippen LogP contribution in [0, 0.1) is 0 Å². The van der Waals surface area contributed by atoms with Crippen LogP contribution in [0.1, 0.15) is 29.8 Å². The normalized spacial score (nSPS) is 13.9. The summed E-state index contributed by atoms with van der Waals surface area (Å²) in [6, 6.07) is 3.00. The summed E-state index contributed by atoms with van der Waals surface area (Å²) < 4.78 is 24.4. The van der Waals surface area contributed by atoms with Gasteiger partial charge in [-0.1, -0.05) is 0 Å². The minimum atomic E-state index is -1.64. The van der Waals surface area contributed by atoms with Crippen molar-refractivity contribution in [3.05, 3.63) is 23.3 Å². The van der Waals surface area contributed by atoms with Gasteiger partial charge in [-0.15, -0.1) is 0 Å². The molecule has 5 heteroatoms. The fourth-order valence-electron chi connectivity index (χ4n) is 1.77. The van der Waals surface area contributed by atoms with E-state index >= 15 is 0 Å². The second kappa shape index (κ2) is 4.00. The summed E-state index contributed by atoms with van der Waals surface area (Å²) in [6.45, 7) is 2.69. The number of ketones is 1. The molecule has 4 nitrogen and oxygen atoms in total. The third-order valence-electron chi connectivity index (χ3n) is 2.64. The molecule has 92 valence electrons. The maximum Gasteiger partial charge on any atom is 0.231 e. The molecule has 1 aromatic carbocycles. The number of hydrogen-bond donors (Lipinski definition) is 1. The Morgan fingerprint density at radius 3 is 2.53 bits per heavy atom. The van der Waals surface area contributed by atoms with Gasteiger partial charge in [0.05, 0.1) is 6.54 Å². The lowest BCUT2D eigenvalue weighted by molar-refractivity contribution is 0.0994.